The first kappa shape index (κ1) is 23.3. The van der Waals surface area contributed by atoms with Crippen LogP contribution < -0.4 is 10.2 Å². The van der Waals surface area contributed by atoms with Crippen molar-refractivity contribution in [2.75, 3.05) is 24.5 Å². The highest BCUT2D eigenvalue weighted by Gasteiger charge is 2.23. The molecule has 0 bridgehead atoms. The molecule has 172 valence electrons. The second kappa shape index (κ2) is 10.4. The van der Waals surface area contributed by atoms with Gasteiger partial charge >= 0.3 is 5.97 Å². The van der Waals surface area contributed by atoms with Crippen LogP contribution in [-0.4, -0.2) is 41.6 Å². The van der Waals surface area contributed by atoms with E-state index >= 15 is 0 Å². The fourth-order valence-electron chi connectivity index (χ4n) is 4.14. The van der Waals surface area contributed by atoms with Gasteiger partial charge in [0.25, 0.3) is 5.91 Å². The number of hydrogen-bond donors (Lipinski definition) is 2. The number of thiazole rings is 1. The monoisotopic (exact) mass is 483 g/mol. The molecule has 1 amide bonds. The van der Waals surface area contributed by atoms with Gasteiger partial charge in [0.1, 0.15) is 9.88 Å². The summed E-state index contributed by atoms with van der Waals surface area (Å²) in [7, 11) is 0. The largest absolute Gasteiger partial charge is 0.481 e. The van der Waals surface area contributed by atoms with Gasteiger partial charge in [-0.1, -0.05) is 35.9 Å². The van der Waals surface area contributed by atoms with Gasteiger partial charge < -0.3 is 15.3 Å². The lowest BCUT2D eigenvalue weighted by atomic mass is 9.97. The molecular formula is C25H26ClN3O3S. The molecule has 4 rings (SSSR count). The van der Waals surface area contributed by atoms with Gasteiger partial charge in [-0.2, -0.15) is 0 Å². The van der Waals surface area contributed by atoms with E-state index < -0.39 is 5.97 Å². The van der Waals surface area contributed by atoms with Gasteiger partial charge in [0, 0.05) is 35.9 Å². The van der Waals surface area contributed by atoms with Crippen LogP contribution in [0.2, 0.25) is 5.02 Å². The SMILES string of the molecule is Cc1nc(-c2ccc(Cl)cc2)sc1C(=O)NC[C@@H]1CCCN(c2cccc(CC(=O)O)c2)C1. The summed E-state index contributed by atoms with van der Waals surface area (Å²) in [5.41, 5.74) is 3.51. The van der Waals surface area contributed by atoms with Crippen molar-refractivity contribution < 1.29 is 14.7 Å². The highest BCUT2D eigenvalue weighted by atomic mass is 35.5. The van der Waals surface area contributed by atoms with Gasteiger partial charge in [-0.05, 0) is 55.5 Å². The number of halogens is 1. The van der Waals surface area contributed by atoms with Crippen LogP contribution in [0.5, 0.6) is 0 Å². The number of aliphatic carboxylic acids is 1. The molecule has 1 aliphatic heterocycles. The Balaban J connectivity index is 1.37. The Morgan fingerprint density at radius 3 is 2.79 bits per heavy atom. The van der Waals surface area contributed by atoms with Crippen molar-refractivity contribution in [2.45, 2.75) is 26.2 Å². The van der Waals surface area contributed by atoms with Crippen LogP contribution in [0.25, 0.3) is 10.6 Å². The number of amides is 1. The standard InChI is InChI=1S/C25H26ClN3O3S/c1-16-23(33-25(28-16)19-7-9-20(26)10-8-19)24(32)27-14-18-5-3-11-29(15-18)21-6-2-4-17(12-21)13-22(30)31/h2,4,6-10,12,18H,3,5,11,13-15H2,1H3,(H,27,32)(H,30,31)/t18-/m0/s1. The smallest absolute Gasteiger partial charge is 0.307 e. The van der Waals surface area contributed by atoms with Gasteiger partial charge in [-0.3, -0.25) is 9.59 Å². The minimum Gasteiger partial charge on any atom is -0.481 e. The Labute approximate surface area is 202 Å². The molecular weight excluding hydrogens is 458 g/mol. The third kappa shape index (κ3) is 5.92. The van der Waals surface area contributed by atoms with Gasteiger partial charge in [-0.25, -0.2) is 4.98 Å². The van der Waals surface area contributed by atoms with Crippen molar-refractivity contribution in [2.24, 2.45) is 5.92 Å². The Kier molecular flexibility index (Phi) is 7.30. The summed E-state index contributed by atoms with van der Waals surface area (Å²) >= 11 is 7.36. The van der Waals surface area contributed by atoms with E-state index in [0.717, 1.165) is 53.4 Å². The minimum absolute atomic E-state index is 0.0212. The Bertz CT molecular complexity index is 1150. The lowest BCUT2D eigenvalue weighted by Crippen LogP contribution is -2.41. The topological polar surface area (TPSA) is 82.5 Å². The third-order valence-electron chi connectivity index (χ3n) is 5.80. The quantitative estimate of drug-likeness (QED) is 0.491. The van der Waals surface area contributed by atoms with E-state index in [2.05, 4.69) is 15.2 Å². The molecule has 1 atom stereocenters. The second-order valence-electron chi connectivity index (χ2n) is 8.35. The number of rotatable bonds is 7. The fraction of sp³-hybridized carbons (Fsp3) is 0.320. The van der Waals surface area contributed by atoms with Crippen LogP contribution in [0.3, 0.4) is 0 Å². The molecule has 1 aliphatic rings. The Hall–Kier alpha value is -2.90. The number of benzene rings is 2. The minimum atomic E-state index is -0.830. The number of anilines is 1. The number of piperidine rings is 1. The molecule has 8 heteroatoms. The zero-order valence-corrected chi connectivity index (χ0v) is 20.0. The van der Waals surface area contributed by atoms with E-state index in [4.69, 9.17) is 16.7 Å². The number of carboxylic acid groups (broad SMARTS) is 1. The highest BCUT2D eigenvalue weighted by Crippen LogP contribution is 2.29. The molecule has 2 aromatic carbocycles. The summed E-state index contributed by atoms with van der Waals surface area (Å²) in [6.07, 6.45) is 2.10. The van der Waals surface area contributed by atoms with E-state index in [-0.39, 0.29) is 12.3 Å². The van der Waals surface area contributed by atoms with E-state index in [1.54, 1.807) is 0 Å². The predicted molar refractivity (Wildman–Crippen MR) is 132 cm³/mol. The molecule has 0 radical (unpaired) electrons. The number of aryl methyl sites for hydroxylation is 1. The number of carboxylic acids is 1. The summed E-state index contributed by atoms with van der Waals surface area (Å²) < 4.78 is 0. The fourth-order valence-corrected chi connectivity index (χ4v) is 5.26. The van der Waals surface area contributed by atoms with Crippen LogP contribution in [-0.2, 0) is 11.2 Å². The number of nitrogens with one attached hydrogen (secondary N) is 1. The van der Waals surface area contributed by atoms with Crippen LogP contribution >= 0.6 is 22.9 Å². The Morgan fingerprint density at radius 2 is 2.03 bits per heavy atom. The van der Waals surface area contributed by atoms with Crippen LogP contribution in [0, 0.1) is 12.8 Å². The first-order valence-electron chi connectivity index (χ1n) is 11.0. The van der Waals surface area contributed by atoms with E-state index in [9.17, 15) is 9.59 Å². The molecule has 2 N–H and O–H groups in total. The second-order valence-corrected chi connectivity index (χ2v) is 9.78. The molecule has 1 fully saturated rings. The highest BCUT2D eigenvalue weighted by molar-refractivity contribution is 7.17. The van der Waals surface area contributed by atoms with Crippen molar-refractivity contribution in [1.29, 1.82) is 0 Å². The van der Waals surface area contributed by atoms with Gasteiger partial charge in [0.05, 0.1) is 12.1 Å². The third-order valence-corrected chi connectivity index (χ3v) is 7.25. The van der Waals surface area contributed by atoms with Crippen molar-refractivity contribution in [3.63, 3.8) is 0 Å². The van der Waals surface area contributed by atoms with E-state index in [1.165, 1.54) is 11.3 Å². The number of carbonyl (C=O) groups excluding carboxylic acids is 1. The van der Waals surface area contributed by atoms with Gasteiger partial charge in [-0.15, -0.1) is 11.3 Å². The summed E-state index contributed by atoms with van der Waals surface area (Å²) in [5.74, 6) is -0.593. The molecule has 6 nitrogen and oxygen atoms in total. The molecule has 0 unspecified atom stereocenters. The lowest BCUT2D eigenvalue weighted by Gasteiger charge is -2.34. The summed E-state index contributed by atoms with van der Waals surface area (Å²) in [4.78, 5) is 31.4. The van der Waals surface area contributed by atoms with Crippen LogP contribution in [0.15, 0.2) is 48.5 Å². The van der Waals surface area contributed by atoms with E-state index in [1.807, 2.05) is 55.5 Å². The van der Waals surface area contributed by atoms with Crippen molar-refractivity contribution in [3.8, 4) is 10.6 Å². The molecule has 0 aliphatic carbocycles. The maximum Gasteiger partial charge on any atom is 0.307 e. The van der Waals surface area contributed by atoms with Gasteiger partial charge in [0.15, 0.2) is 0 Å². The molecule has 0 spiro atoms. The van der Waals surface area contributed by atoms with Crippen molar-refractivity contribution in [1.82, 2.24) is 10.3 Å². The predicted octanol–water partition coefficient (Wildman–Crippen LogP) is 5.05. The summed E-state index contributed by atoms with van der Waals surface area (Å²) in [6, 6.07) is 15.2. The normalized spacial score (nSPS) is 15.9. The molecule has 1 saturated heterocycles. The van der Waals surface area contributed by atoms with E-state index in [0.29, 0.717) is 22.4 Å². The molecule has 2 heterocycles. The lowest BCUT2D eigenvalue weighted by molar-refractivity contribution is -0.136. The summed E-state index contributed by atoms with van der Waals surface area (Å²) in [5, 5.41) is 13.6. The molecule has 3 aromatic rings. The molecule has 0 saturated carbocycles. The van der Waals surface area contributed by atoms with Gasteiger partial charge in [0.2, 0.25) is 0 Å². The van der Waals surface area contributed by atoms with Crippen LogP contribution in [0.1, 0.15) is 33.8 Å². The zero-order chi connectivity index (χ0) is 23.4. The number of carbonyl (C=O) groups is 2. The average molecular weight is 484 g/mol. The summed E-state index contributed by atoms with van der Waals surface area (Å²) in [6.45, 7) is 4.21. The Morgan fingerprint density at radius 1 is 1.24 bits per heavy atom. The van der Waals surface area contributed by atoms with Crippen molar-refractivity contribution in [3.05, 3.63) is 69.7 Å². The van der Waals surface area contributed by atoms with Crippen LogP contribution in [0.4, 0.5) is 5.69 Å². The van der Waals surface area contributed by atoms with Crippen molar-refractivity contribution >= 4 is 40.5 Å². The first-order valence-corrected chi connectivity index (χ1v) is 12.2. The first-order chi connectivity index (χ1) is 15.9. The molecule has 1 aromatic heterocycles. The maximum absolute atomic E-state index is 12.9. The average Bonchev–Trinajstić information content (AvgIpc) is 3.19. The zero-order valence-electron chi connectivity index (χ0n) is 18.4. The molecule has 33 heavy (non-hydrogen) atoms. The number of nitrogens with zero attached hydrogens (tertiary/aromatic N) is 2. The maximum atomic E-state index is 12.9. The number of hydrogen-bond acceptors (Lipinski definition) is 5. The number of aromatic nitrogens is 1.